The summed E-state index contributed by atoms with van der Waals surface area (Å²) in [6.45, 7) is 4.04. The van der Waals surface area contributed by atoms with Crippen LogP contribution in [0.1, 0.15) is 37.3 Å². The Balaban J connectivity index is 2.37. The number of nitrogens with zero attached hydrogens (tertiary/aromatic N) is 1. The van der Waals surface area contributed by atoms with Gasteiger partial charge in [-0.05, 0) is 25.3 Å². The lowest BCUT2D eigenvalue weighted by atomic mass is 10.1. The van der Waals surface area contributed by atoms with Crippen LogP contribution in [0.15, 0.2) is 24.3 Å². The highest BCUT2D eigenvalue weighted by atomic mass is 16.1. The fourth-order valence-corrected chi connectivity index (χ4v) is 1.74. The second kappa shape index (κ2) is 7.50. The van der Waals surface area contributed by atoms with Crippen molar-refractivity contribution in [2.45, 2.75) is 45.6 Å². The van der Waals surface area contributed by atoms with Crippen molar-refractivity contribution in [1.29, 1.82) is 5.26 Å². The molecule has 0 saturated carbocycles. The highest BCUT2D eigenvalue weighted by molar-refractivity contribution is 5.76. The largest absolute Gasteiger partial charge is 0.340 e. The zero-order valence-electron chi connectivity index (χ0n) is 11.1. The van der Waals surface area contributed by atoms with Crippen molar-refractivity contribution >= 4 is 5.91 Å². The number of hydrogen-bond acceptors (Lipinski definition) is 2. The van der Waals surface area contributed by atoms with Gasteiger partial charge >= 0.3 is 0 Å². The Bertz CT molecular complexity index is 417. The first-order valence-corrected chi connectivity index (χ1v) is 6.40. The van der Waals surface area contributed by atoms with E-state index in [0.29, 0.717) is 12.8 Å². The number of nitriles is 1. The molecule has 0 aliphatic rings. The summed E-state index contributed by atoms with van der Waals surface area (Å²) < 4.78 is 0. The van der Waals surface area contributed by atoms with Crippen LogP contribution in [0.25, 0.3) is 0 Å². The zero-order valence-corrected chi connectivity index (χ0v) is 11.1. The third-order valence-corrected chi connectivity index (χ3v) is 2.83. The second-order valence-electron chi connectivity index (χ2n) is 4.52. The molecule has 0 aliphatic heterocycles. The zero-order chi connectivity index (χ0) is 13.4. The van der Waals surface area contributed by atoms with Crippen LogP contribution in [-0.2, 0) is 11.2 Å². The summed E-state index contributed by atoms with van der Waals surface area (Å²) in [5.41, 5.74) is 2.37. The third-order valence-electron chi connectivity index (χ3n) is 2.83. The Morgan fingerprint density at radius 1 is 1.39 bits per heavy atom. The van der Waals surface area contributed by atoms with Crippen LogP contribution < -0.4 is 5.32 Å². The molecule has 0 heterocycles. The van der Waals surface area contributed by atoms with E-state index in [1.54, 1.807) is 0 Å². The van der Waals surface area contributed by atoms with Crippen molar-refractivity contribution in [2.24, 2.45) is 0 Å². The van der Waals surface area contributed by atoms with Gasteiger partial charge < -0.3 is 5.32 Å². The van der Waals surface area contributed by atoms with Gasteiger partial charge in [0.1, 0.15) is 6.04 Å². The maximum atomic E-state index is 11.7. The van der Waals surface area contributed by atoms with Crippen LogP contribution in [0.4, 0.5) is 0 Å². The lowest BCUT2D eigenvalue weighted by molar-refractivity contribution is -0.121. The van der Waals surface area contributed by atoms with Gasteiger partial charge in [0.15, 0.2) is 0 Å². The van der Waals surface area contributed by atoms with Gasteiger partial charge in [0.25, 0.3) is 0 Å². The predicted molar refractivity (Wildman–Crippen MR) is 72.0 cm³/mol. The van der Waals surface area contributed by atoms with E-state index in [1.807, 2.05) is 38.1 Å². The number of carbonyl (C=O) groups excluding carboxylic acids is 1. The summed E-state index contributed by atoms with van der Waals surface area (Å²) in [6.07, 6.45) is 2.77. The molecule has 1 aromatic rings. The molecule has 1 rings (SSSR count). The number of hydrogen-bond donors (Lipinski definition) is 1. The molecule has 18 heavy (non-hydrogen) atoms. The molecule has 1 amide bonds. The summed E-state index contributed by atoms with van der Waals surface area (Å²) >= 11 is 0. The second-order valence-corrected chi connectivity index (χ2v) is 4.52. The highest BCUT2D eigenvalue weighted by Crippen LogP contribution is 2.06. The molecule has 0 spiro atoms. The average molecular weight is 244 g/mol. The molecule has 0 saturated heterocycles. The number of aryl methyl sites for hydroxylation is 2. The van der Waals surface area contributed by atoms with E-state index in [2.05, 4.69) is 11.4 Å². The molecule has 0 radical (unpaired) electrons. The van der Waals surface area contributed by atoms with Gasteiger partial charge in [-0.1, -0.05) is 43.2 Å². The van der Waals surface area contributed by atoms with Gasteiger partial charge in [-0.25, -0.2) is 0 Å². The first kappa shape index (κ1) is 14.2. The minimum Gasteiger partial charge on any atom is -0.340 e. The quantitative estimate of drug-likeness (QED) is 0.836. The summed E-state index contributed by atoms with van der Waals surface area (Å²) in [5.74, 6) is -0.0458. The van der Waals surface area contributed by atoms with E-state index < -0.39 is 0 Å². The number of carbonyl (C=O) groups is 1. The maximum absolute atomic E-state index is 11.7. The number of benzene rings is 1. The smallest absolute Gasteiger partial charge is 0.221 e. The molecule has 1 atom stereocenters. The summed E-state index contributed by atoms with van der Waals surface area (Å²) in [5, 5.41) is 11.6. The molecule has 1 unspecified atom stereocenters. The summed E-state index contributed by atoms with van der Waals surface area (Å²) in [4.78, 5) is 11.7. The van der Waals surface area contributed by atoms with E-state index in [9.17, 15) is 4.79 Å². The molecule has 0 fully saturated rings. The van der Waals surface area contributed by atoms with Crippen molar-refractivity contribution in [1.82, 2.24) is 5.32 Å². The van der Waals surface area contributed by atoms with E-state index >= 15 is 0 Å². The van der Waals surface area contributed by atoms with Crippen LogP contribution in [-0.4, -0.2) is 11.9 Å². The van der Waals surface area contributed by atoms with E-state index in [4.69, 9.17) is 5.26 Å². The Kier molecular flexibility index (Phi) is 5.93. The van der Waals surface area contributed by atoms with Crippen molar-refractivity contribution in [3.63, 3.8) is 0 Å². The van der Waals surface area contributed by atoms with Crippen molar-refractivity contribution in [3.8, 4) is 6.07 Å². The van der Waals surface area contributed by atoms with Crippen LogP contribution >= 0.6 is 0 Å². The highest BCUT2D eigenvalue weighted by Gasteiger charge is 2.09. The Hall–Kier alpha value is -1.82. The van der Waals surface area contributed by atoms with Gasteiger partial charge in [-0.2, -0.15) is 5.26 Å². The van der Waals surface area contributed by atoms with Crippen molar-refractivity contribution in [3.05, 3.63) is 35.4 Å². The molecule has 3 nitrogen and oxygen atoms in total. The number of rotatable bonds is 6. The number of nitrogens with one attached hydrogen (secondary N) is 1. The lowest BCUT2D eigenvalue weighted by Gasteiger charge is -2.10. The SMILES string of the molecule is CCCC(C#N)NC(=O)CCc1ccc(C)cc1. The maximum Gasteiger partial charge on any atom is 0.221 e. The molecule has 0 bridgehead atoms. The summed E-state index contributed by atoms with van der Waals surface area (Å²) in [7, 11) is 0. The predicted octanol–water partition coefficient (Wildman–Crippen LogP) is 2.74. The van der Waals surface area contributed by atoms with Crippen LogP contribution in [0.2, 0.25) is 0 Å². The Morgan fingerprint density at radius 2 is 2.06 bits per heavy atom. The first-order chi connectivity index (χ1) is 8.65. The lowest BCUT2D eigenvalue weighted by Crippen LogP contribution is -2.33. The van der Waals surface area contributed by atoms with Crippen molar-refractivity contribution in [2.75, 3.05) is 0 Å². The fraction of sp³-hybridized carbons (Fsp3) is 0.467. The molecule has 1 aromatic carbocycles. The van der Waals surface area contributed by atoms with Gasteiger partial charge in [0, 0.05) is 6.42 Å². The van der Waals surface area contributed by atoms with Gasteiger partial charge in [-0.3, -0.25) is 4.79 Å². The van der Waals surface area contributed by atoms with Crippen LogP contribution in [0.5, 0.6) is 0 Å². The molecule has 0 aromatic heterocycles. The fourth-order valence-electron chi connectivity index (χ4n) is 1.74. The molecular formula is C15H20N2O. The molecule has 0 aliphatic carbocycles. The molecule has 1 N–H and O–H groups in total. The normalized spacial score (nSPS) is 11.6. The molecule has 96 valence electrons. The standard InChI is InChI=1S/C15H20N2O/c1-3-4-14(11-16)17-15(18)10-9-13-7-5-12(2)6-8-13/h5-8,14H,3-4,9-10H2,1-2H3,(H,17,18). The topological polar surface area (TPSA) is 52.9 Å². The summed E-state index contributed by atoms with van der Waals surface area (Å²) in [6, 6.07) is 9.93. The van der Waals surface area contributed by atoms with Gasteiger partial charge in [-0.15, -0.1) is 0 Å². The van der Waals surface area contributed by atoms with Gasteiger partial charge in [0.05, 0.1) is 6.07 Å². The van der Waals surface area contributed by atoms with Crippen molar-refractivity contribution < 1.29 is 4.79 Å². The Labute approximate surface area is 109 Å². The van der Waals surface area contributed by atoms with Crippen LogP contribution in [0, 0.1) is 18.3 Å². The van der Waals surface area contributed by atoms with E-state index in [-0.39, 0.29) is 11.9 Å². The minimum absolute atomic E-state index is 0.0458. The molecular weight excluding hydrogens is 224 g/mol. The van der Waals surface area contributed by atoms with E-state index in [0.717, 1.165) is 18.4 Å². The van der Waals surface area contributed by atoms with E-state index in [1.165, 1.54) is 5.56 Å². The first-order valence-electron chi connectivity index (χ1n) is 6.40. The average Bonchev–Trinajstić information content (AvgIpc) is 2.37. The third kappa shape index (κ3) is 5.01. The Morgan fingerprint density at radius 3 is 2.61 bits per heavy atom. The number of amides is 1. The van der Waals surface area contributed by atoms with Crippen LogP contribution in [0.3, 0.4) is 0 Å². The van der Waals surface area contributed by atoms with Gasteiger partial charge in [0.2, 0.25) is 5.91 Å². The molecule has 3 heteroatoms. The minimum atomic E-state index is -0.347. The monoisotopic (exact) mass is 244 g/mol.